The zero-order valence-electron chi connectivity index (χ0n) is 11.5. The van der Waals surface area contributed by atoms with Crippen LogP contribution >= 0.6 is 0 Å². The van der Waals surface area contributed by atoms with Gasteiger partial charge in [-0.25, -0.2) is 9.97 Å². The average molecular weight is 280 g/mol. The van der Waals surface area contributed by atoms with Crippen LogP contribution in [0.2, 0.25) is 0 Å². The molecule has 106 valence electrons. The molecule has 1 saturated heterocycles. The Labute approximate surface area is 122 Å². The summed E-state index contributed by atoms with van der Waals surface area (Å²) in [6.07, 6.45) is 2.76. The molecule has 1 atom stereocenters. The van der Waals surface area contributed by atoms with Crippen LogP contribution in [-0.2, 0) is 0 Å². The van der Waals surface area contributed by atoms with Gasteiger partial charge in [-0.2, -0.15) is 5.10 Å². The van der Waals surface area contributed by atoms with Gasteiger partial charge in [0, 0.05) is 30.7 Å². The van der Waals surface area contributed by atoms with Gasteiger partial charge in [0.05, 0.1) is 11.4 Å². The van der Waals surface area contributed by atoms with Gasteiger partial charge in [-0.1, -0.05) is 6.07 Å². The van der Waals surface area contributed by atoms with E-state index in [9.17, 15) is 0 Å². The number of hydrogen-bond acceptors (Lipinski definition) is 5. The maximum atomic E-state index is 5.98. The molecule has 0 amide bonds. The van der Waals surface area contributed by atoms with E-state index in [-0.39, 0.29) is 6.04 Å². The number of hydrogen-bond donors (Lipinski definition) is 2. The summed E-state index contributed by atoms with van der Waals surface area (Å²) < 4.78 is 0. The lowest BCUT2D eigenvalue weighted by Gasteiger charge is -2.17. The van der Waals surface area contributed by atoms with E-state index in [2.05, 4.69) is 20.1 Å². The van der Waals surface area contributed by atoms with Crippen molar-refractivity contribution in [2.75, 3.05) is 18.0 Å². The largest absolute Gasteiger partial charge is 0.355 e. The molecule has 3 aromatic rings. The fraction of sp³-hybridized carbons (Fsp3) is 0.267. The quantitative estimate of drug-likeness (QED) is 0.744. The van der Waals surface area contributed by atoms with Crippen molar-refractivity contribution in [2.45, 2.75) is 12.5 Å². The highest BCUT2D eigenvalue weighted by Gasteiger charge is 2.20. The monoisotopic (exact) mass is 280 g/mol. The molecular weight excluding hydrogens is 264 g/mol. The van der Waals surface area contributed by atoms with E-state index in [4.69, 9.17) is 10.7 Å². The third-order valence-corrected chi connectivity index (χ3v) is 3.87. The molecule has 0 radical (unpaired) electrons. The summed E-state index contributed by atoms with van der Waals surface area (Å²) in [5.41, 5.74) is 8.47. The minimum atomic E-state index is 0.243. The van der Waals surface area contributed by atoms with Gasteiger partial charge < -0.3 is 10.6 Å². The molecule has 1 aliphatic heterocycles. The van der Waals surface area contributed by atoms with Crippen LogP contribution < -0.4 is 10.6 Å². The SMILES string of the molecule is NC1CCN(c2cccc(-c3[nH]nc4ncccc34)n2)C1. The zero-order chi connectivity index (χ0) is 14.2. The molecule has 21 heavy (non-hydrogen) atoms. The van der Waals surface area contributed by atoms with Crippen LogP contribution in [0.1, 0.15) is 6.42 Å². The van der Waals surface area contributed by atoms with Crippen LogP contribution in [0.3, 0.4) is 0 Å². The fourth-order valence-electron chi connectivity index (χ4n) is 2.78. The van der Waals surface area contributed by atoms with E-state index in [0.717, 1.165) is 42.1 Å². The Morgan fingerprint density at radius 2 is 2.19 bits per heavy atom. The minimum Gasteiger partial charge on any atom is -0.355 e. The van der Waals surface area contributed by atoms with E-state index in [1.807, 2.05) is 30.3 Å². The normalized spacial score (nSPS) is 18.5. The second-order valence-electron chi connectivity index (χ2n) is 5.35. The first-order chi connectivity index (χ1) is 10.3. The van der Waals surface area contributed by atoms with Crippen LogP contribution in [-0.4, -0.2) is 39.3 Å². The van der Waals surface area contributed by atoms with Crippen LogP contribution in [0.15, 0.2) is 36.5 Å². The number of nitrogens with one attached hydrogen (secondary N) is 1. The molecule has 1 aliphatic rings. The molecule has 0 aromatic carbocycles. The summed E-state index contributed by atoms with van der Waals surface area (Å²) in [4.78, 5) is 11.2. The molecule has 0 aliphatic carbocycles. The Bertz CT molecular complexity index is 780. The third-order valence-electron chi connectivity index (χ3n) is 3.87. The molecule has 1 fully saturated rings. The van der Waals surface area contributed by atoms with Crippen molar-refractivity contribution in [3.8, 4) is 11.4 Å². The molecular formula is C15H16N6. The molecule has 4 rings (SSSR count). The van der Waals surface area contributed by atoms with Crippen molar-refractivity contribution in [3.05, 3.63) is 36.5 Å². The van der Waals surface area contributed by atoms with Crippen molar-refractivity contribution in [1.29, 1.82) is 0 Å². The van der Waals surface area contributed by atoms with E-state index in [0.29, 0.717) is 5.65 Å². The Morgan fingerprint density at radius 3 is 3.05 bits per heavy atom. The lowest BCUT2D eigenvalue weighted by Crippen LogP contribution is -2.26. The predicted molar refractivity (Wildman–Crippen MR) is 81.9 cm³/mol. The summed E-state index contributed by atoms with van der Waals surface area (Å²) in [6, 6.07) is 10.2. The number of nitrogens with two attached hydrogens (primary N) is 1. The third kappa shape index (κ3) is 2.13. The van der Waals surface area contributed by atoms with Crippen molar-refractivity contribution in [1.82, 2.24) is 20.2 Å². The molecule has 3 N–H and O–H groups in total. The van der Waals surface area contributed by atoms with Gasteiger partial charge in [-0.15, -0.1) is 0 Å². The Balaban J connectivity index is 1.75. The smallest absolute Gasteiger partial charge is 0.181 e. The lowest BCUT2D eigenvalue weighted by molar-refractivity contribution is 0.751. The predicted octanol–water partition coefficient (Wildman–Crippen LogP) is 1.56. The summed E-state index contributed by atoms with van der Waals surface area (Å²) in [7, 11) is 0. The van der Waals surface area contributed by atoms with E-state index < -0.39 is 0 Å². The molecule has 0 spiro atoms. The van der Waals surface area contributed by atoms with Gasteiger partial charge in [-0.3, -0.25) is 5.10 Å². The van der Waals surface area contributed by atoms with Gasteiger partial charge in [0.1, 0.15) is 5.82 Å². The van der Waals surface area contributed by atoms with Crippen LogP contribution in [0.4, 0.5) is 5.82 Å². The van der Waals surface area contributed by atoms with Gasteiger partial charge in [0.25, 0.3) is 0 Å². The maximum absolute atomic E-state index is 5.98. The number of nitrogens with zero attached hydrogens (tertiary/aromatic N) is 4. The Hall–Kier alpha value is -2.47. The molecule has 1 unspecified atom stereocenters. The molecule has 6 heteroatoms. The van der Waals surface area contributed by atoms with Crippen LogP contribution in [0.25, 0.3) is 22.4 Å². The first-order valence-electron chi connectivity index (χ1n) is 7.08. The summed E-state index contributed by atoms with van der Waals surface area (Å²) >= 11 is 0. The number of pyridine rings is 2. The summed E-state index contributed by atoms with van der Waals surface area (Å²) in [5, 5.41) is 8.25. The second kappa shape index (κ2) is 4.82. The minimum absolute atomic E-state index is 0.243. The van der Waals surface area contributed by atoms with E-state index in [1.54, 1.807) is 6.20 Å². The zero-order valence-corrected chi connectivity index (χ0v) is 11.5. The number of anilines is 1. The molecule has 4 heterocycles. The highest BCUT2D eigenvalue weighted by atomic mass is 15.2. The van der Waals surface area contributed by atoms with Crippen molar-refractivity contribution in [2.24, 2.45) is 5.73 Å². The number of rotatable bonds is 2. The van der Waals surface area contributed by atoms with Gasteiger partial charge in [0.2, 0.25) is 0 Å². The number of H-pyrrole nitrogens is 1. The van der Waals surface area contributed by atoms with E-state index >= 15 is 0 Å². The van der Waals surface area contributed by atoms with Gasteiger partial charge >= 0.3 is 0 Å². The van der Waals surface area contributed by atoms with Gasteiger partial charge in [0.15, 0.2) is 5.65 Å². The van der Waals surface area contributed by atoms with E-state index in [1.165, 1.54) is 0 Å². The summed E-state index contributed by atoms with van der Waals surface area (Å²) in [6.45, 7) is 1.82. The average Bonchev–Trinajstić information content (AvgIpc) is 3.13. The van der Waals surface area contributed by atoms with Crippen molar-refractivity contribution >= 4 is 16.9 Å². The highest BCUT2D eigenvalue weighted by molar-refractivity contribution is 5.89. The molecule has 0 saturated carbocycles. The number of fused-ring (bicyclic) bond motifs is 1. The lowest BCUT2D eigenvalue weighted by atomic mass is 10.2. The molecule has 3 aromatic heterocycles. The highest BCUT2D eigenvalue weighted by Crippen LogP contribution is 2.26. The first-order valence-corrected chi connectivity index (χ1v) is 7.08. The first kappa shape index (κ1) is 12.3. The van der Waals surface area contributed by atoms with Crippen LogP contribution in [0.5, 0.6) is 0 Å². The van der Waals surface area contributed by atoms with Crippen LogP contribution in [0, 0.1) is 0 Å². The molecule has 0 bridgehead atoms. The maximum Gasteiger partial charge on any atom is 0.181 e. The second-order valence-corrected chi connectivity index (χ2v) is 5.35. The number of aromatic nitrogens is 4. The fourth-order valence-corrected chi connectivity index (χ4v) is 2.78. The molecule has 6 nitrogen and oxygen atoms in total. The Morgan fingerprint density at radius 1 is 1.24 bits per heavy atom. The van der Waals surface area contributed by atoms with Crippen molar-refractivity contribution in [3.63, 3.8) is 0 Å². The van der Waals surface area contributed by atoms with Crippen molar-refractivity contribution < 1.29 is 0 Å². The summed E-state index contributed by atoms with van der Waals surface area (Å²) in [5.74, 6) is 0.965. The standard InChI is InChI=1S/C15H16N6/c16-10-6-8-21(9-10)13-5-1-4-12(18-13)14-11-3-2-7-17-15(11)20-19-14/h1-5,7,10H,6,8-9,16H2,(H,17,19,20). The number of aromatic amines is 1. The Kier molecular flexibility index (Phi) is 2.82. The topological polar surface area (TPSA) is 83.7 Å². The van der Waals surface area contributed by atoms with Gasteiger partial charge in [-0.05, 0) is 30.7 Å².